The van der Waals surface area contributed by atoms with Crippen LogP contribution in [0.1, 0.15) is 62.5 Å². The second kappa shape index (κ2) is 9.56. The number of carbonyl (C=O) groups is 1. The van der Waals surface area contributed by atoms with E-state index in [0.29, 0.717) is 32.1 Å². The first kappa shape index (κ1) is 30.4. The average Bonchev–Trinajstić information content (AvgIpc) is 3.54. The highest BCUT2D eigenvalue weighted by Crippen LogP contribution is 2.52. The number of carbonyl (C=O) groups excluding carboxylic acids is 1. The van der Waals surface area contributed by atoms with E-state index in [0.717, 1.165) is 18.9 Å². The Labute approximate surface area is 266 Å². The molecule has 3 aromatic rings. The van der Waals surface area contributed by atoms with Gasteiger partial charge in [-0.05, 0) is 52.2 Å². The summed E-state index contributed by atoms with van der Waals surface area (Å²) in [4.78, 5) is 25.3. The largest absolute Gasteiger partial charge is 0.573 e. The van der Waals surface area contributed by atoms with Gasteiger partial charge in [-0.2, -0.15) is 0 Å². The van der Waals surface area contributed by atoms with Crippen molar-refractivity contribution in [2.45, 2.75) is 94.6 Å². The maximum atomic E-state index is 17.1. The third kappa shape index (κ3) is 4.60. The molecule has 1 aliphatic carbocycles. The van der Waals surface area contributed by atoms with Crippen molar-refractivity contribution >= 4 is 28.2 Å². The van der Waals surface area contributed by atoms with Gasteiger partial charge >= 0.3 is 6.36 Å². The number of benzene rings is 1. The van der Waals surface area contributed by atoms with Crippen LogP contribution >= 0.6 is 0 Å². The zero-order chi connectivity index (χ0) is 33.4. The highest BCUT2D eigenvalue weighted by Gasteiger charge is 2.61. The van der Waals surface area contributed by atoms with Gasteiger partial charge in [-0.25, -0.2) is 18.7 Å². The number of ether oxygens (including phenoxy) is 3. The van der Waals surface area contributed by atoms with E-state index in [4.69, 9.17) is 20.2 Å². The van der Waals surface area contributed by atoms with Crippen LogP contribution in [0.15, 0.2) is 12.1 Å². The van der Waals surface area contributed by atoms with Gasteiger partial charge in [0.05, 0.1) is 34.7 Å². The minimum Gasteiger partial charge on any atom is -0.472 e. The molecule has 10 nitrogen and oxygen atoms in total. The zero-order valence-corrected chi connectivity index (χ0v) is 26.1. The van der Waals surface area contributed by atoms with Crippen molar-refractivity contribution in [1.82, 2.24) is 20.6 Å². The number of piperazine rings is 1. The number of pyridine rings is 2. The maximum absolute atomic E-state index is 17.1. The lowest BCUT2D eigenvalue weighted by Gasteiger charge is -2.46. The molecule has 0 radical (unpaired) electrons. The van der Waals surface area contributed by atoms with Gasteiger partial charge in [0.2, 0.25) is 5.88 Å². The molecule has 9 rings (SSSR count). The van der Waals surface area contributed by atoms with E-state index in [1.54, 1.807) is 0 Å². The average molecular weight is 661 g/mol. The van der Waals surface area contributed by atoms with Crippen molar-refractivity contribution in [3.63, 3.8) is 0 Å². The van der Waals surface area contributed by atoms with Crippen LogP contribution in [-0.2, 0) is 4.74 Å². The molecule has 6 aliphatic rings. The summed E-state index contributed by atoms with van der Waals surface area (Å²) in [6.45, 7) is 8.19. The molecule has 47 heavy (non-hydrogen) atoms. The zero-order valence-electron chi connectivity index (χ0n) is 26.1. The topological polar surface area (TPSA) is 124 Å². The fourth-order valence-electron chi connectivity index (χ4n) is 8.68. The van der Waals surface area contributed by atoms with Gasteiger partial charge in [0.1, 0.15) is 23.3 Å². The Morgan fingerprint density at radius 2 is 1.94 bits per heavy atom. The molecule has 4 bridgehead atoms. The summed E-state index contributed by atoms with van der Waals surface area (Å²) >= 11 is 0. The lowest BCUT2D eigenvalue weighted by Crippen LogP contribution is -2.66. The molecular formula is C32H33F5N6O4. The summed E-state index contributed by atoms with van der Waals surface area (Å²) in [6, 6.07) is 1.27. The number of nitrogens with zero attached hydrogens (tertiary/aromatic N) is 3. The smallest absolute Gasteiger partial charge is 0.472 e. The second-order valence-electron chi connectivity index (χ2n) is 14.3. The number of halogens is 5. The number of hydrogen-bond donors (Lipinski definition) is 3. The van der Waals surface area contributed by atoms with E-state index in [9.17, 15) is 18.0 Å². The van der Waals surface area contributed by atoms with Crippen molar-refractivity contribution in [1.29, 1.82) is 0 Å². The van der Waals surface area contributed by atoms with Gasteiger partial charge in [-0.1, -0.05) is 0 Å². The van der Waals surface area contributed by atoms with Crippen LogP contribution in [0.3, 0.4) is 0 Å². The normalized spacial score (nSPS) is 32.0. The number of fused-ring (bicyclic) bond motifs is 6. The van der Waals surface area contributed by atoms with Crippen molar-refractivity contribution < 1.29 is 41.0 Å². The molecule has 4 atom stereocenters. The molecule has 4 unspecified atom stereocenters. The number of nitrogens with two attached hydrogens (primary N) is 1. The molecule has 15 heteroatoms. The van der Waals surface area contributed by atoms with E-state index in [1.165, 1.54) is 6.92 Å². The van der Waals surface area contributed by atoms with E-state index >= 15 is 8.78 Å². The highest BCUT2D eigenvalue weighted by atomic mass is 19.4. The Morgan fingerprint density at radius 3 is 2.62 bits per heavy atom. The molecule has 5 fully saturated rings. The van der Waals surface area contributed by atoms with Crippen LogP contribution in [0.4, 0.5) is 33.5 Å². The standard InChI is InChI=1S/C32H33F5N6O4/c1-13-19-20-26(39-22(13)27(44)42-31-9-30(4,10-31)45-12-31)43-11-29(3)6-5-18(41-29)24(43)14(2)46-28(20)40-23(21(19)34)16-7-15(38)8-17(33)25(16)47-32(35,36)37/h7-8,14,18,24,41H,5-6,9-12,38H2,1-4H3,(H,42,44). The molecule has 1 saturated carbocycles. The lowest BCUT2D eigenvalue weighted by molar-refractivity contribution is -0.275. The number of nitrogens with one attached hydrogen (secondary N) is 2. The summed E-state index contributed by atoms with van der Waals surface area (Å²) in [7, 11) is 0. The highest BCUT2D eigenvalue weighted by molar-refractivity contribution is 6.07. The molecule has 1 amide bonds. The van der Waals surface area contributed by atoms with Gasteiger partial charge < -0.3 is 35.5 Å². The van der Waals surface area contributed by atoms with Crippen LogP contribution in [0, 0.1) is 18.6 Å². The number of amides is 1. The molecule has 4 saturated heterocycles. The van der Waals surface area contributed by atoms with Gasteiger partial charge in [0, 0.05) is 48.1 Å². The van der Waals surface area contributed by atoms with Crippen LogP contribution < -0.4 is 30.7 Å². The summed E-state index contributed by atoms with van der Waals surface area (Å²) in [5.41, 5.74) is 3.07. The quantitative estimate of drug-likeness (QED) is 0.265. The Bertz CT molecular complexity index is 1880. The van der Waals surface area contributed by atoms with Gasteiger partial charge in [-0.15, -0.1) is 13.2 Å². The first-order chi connectivity index (χ1) is 22.0. The number of aromatic nitrogens is 2. The number of rotatable bonds is 4. The first-order valence-electron chi connectivity index (χ1n) is 15.5. The summed E-state index contributed by atoms with van der Waals surface area (Å²) in [5, 5.41) is 6.76. The monoisotopic (exact) mass is 660 g/mol. The molecule has 4 N–H and O–H groups in total. The van der Waals surface area contributed by atoms with Crippen molar-refractivity contribution in [3.8, 4) is 22.9 Å². The molecule has 1 aromatic carbocycles. The van der Waals surface area contributed by atoms with Crippen molar-refractivity contribution in [2.24, 2.45) is 0 Å². The number of alkyl halides is 3. The minimum absolute atomic E-state index is 0.0326. The predicted molar refractivity (Wildman–Crippen MR) is 160 cm³/mol. The Balaban J connectivity index is 1.38. The summed E-state index contributed by atoms with van der Waals surface area (Å²) in [5.74, 6) is -4.23. The second-order valence-corrected chi connectivity index (χ2v) is 14.3. The molecule has 5 aliphatic heterocycles. The van der Waals surface area contributed by atoms with Crippen LogP contribution in [0.5, 0.6) is 11.6 Å². The number of aryl methyl sites for hydroxylation is 1. The third-order valence-electron chi connectivity index (χ3n) is 10.4. The third-order valence-corrected chi connectivity index (χ3v) is 10.4. The molecule has 2 aromatic heterocycles. The van der Waals surface area contributed by atoms with Gasteiger partial charge in [-0.3, -0.25) is 4.79 Å². The Kier molecular flexibility index (Phi) is 6.17. The lowest BCUT2D eigenvalue weighted by atomic mass is 9.69. The van der Waals surface area contributed by atoms with E-state index in [2.05, 4.69) is 27.3 Å². The van der Waals surface area contributed by atoms with Crippen LogP contribution in [0.25, 0.3) is 22.0 Å². The van der Waals surface area contributed by atoms with Crippen LogP contribution in [-0.4, -0.2) is 70.3 Å². The molecule has 0 spiro atoms. The van der Waals surface area contributed by atoms with Gasteiger partial charge in [0.25, 0.3) is 5.91 Å². The van der Waals surface area contributed by atoms with Crippen molar-refractivity contribution in [2.75, 3.05) is 23.8 Å². The van der Waals surface area contributed by atoms with E-state index in [1.807, 2.05) is 18.7 Å². The van der Waals surface area contributed by atoms with Crippen molar-refractivity contribution in [3.05, 3.63) is 35.0 Å². The van der Waals surface area contributed by atoms with Crippen LogP contribution in [0.2, 0.25) is 0 Å². The number of hydrogen-bond acceptors (Lipinski definition) is 9. The predicted octanol–water partition coefficient (Wildman–Crippen LogP) is 4.90. The molecule has 250 valence electrons. The fraction of sp³-hybridized carbons (Fsp3) is 0.531. The summed E-state index contributed by atoms with van der Waals surface area (Å²) < 4.78 is 88.7. The number of anilines is 2. The Morgan fingerprint density at radius 1 is 1.19 bits per heavy atom. The van der Waals surface area contributed by atoms with Gasteiger partial charge in [0.15, 0.2) is 17.4 Å². The SMILES string of the molecule is Cc1c(C(=O)NC23COC(C)(C2)C3)nc2c3c(nc(-c4cc(N)cc(F)c4OC(F)(F)F)c(F)c13)OC(C)C1C3CCC(C)(CN21)N3. The molecular weight excluding hydrogens is 627 g/mol. The summed E-state index contributed by atoms with van der Waals surface area (Å²) in [6.07, 6.45) is -2.92. The van der Waals surface area contributed by atoms with E-state index < -0.39 is 52.6 Å². The maximum Gasteiger partial charge on any atom is 0.573 e. The van der Waals surface area contributed by atoms with E-state index in [-0.39, 0.29) is 62.6 Å². The number of nitrogen functional groups attached to an aromatic ring is 1. The Hall–Kier alpha value is -3.98. The fourth-order valence-corrected chi connectivity index (χ4v) is 8.68. The minimum atomic E-state index is -5.31. The first-order valence-corrected chi connectivity index (χ1v) is 15.5. The molecule has 7 heterocycles.